The van der Waals surface area contributed by atoms with Crippen LogP contribution in [0.5, 0.6) is 5.75 Å². The SMILES string of the molecule is CC(C(=O)Nc1cc(S(C)(=O)=O)ccc1O)=C1CNC1. The summed E-state index contributed by atoms with van der Waals surface area (Å²) in [6, 6.07) is 3.79. The van der Waals surface area contributed by atoms with Gasteiger partial charge in [-0.2, -0.15) is 0 Å². The highest BCUT2D eigenvalue weighted by molar-refractivity contribution is 7.90. The maximum absolute atomic E-state index is 12.0. The van der Waals surface area contributed by atoms with E-state index in [0.29, 0.717) is 18.7 Å². The van der Waals surface area contributed by atoms with Crippen molar-refractivity contribution in [1.29, 1.82) is 0 Å². The van der Waals surface area contributed by atoms with Crippen LogP contribution in [0.3, 0.4) is 0 Å². The second-order valence-electron chi connectivity index (χ2n) is 4.74. The number of amides is 1. The lowest BCUT2D eigenvalue weighted by Crippen LogP contribution is -2.36. The summed E-state index contributed by atoms with van der Waals surface area (Å²) in [6.07, 6.45) is 1.07. The largest absolute Gasteiger partial charge is 0.506 e. The number of nitrogens with one attached hydrogen (secondary N) is 2. The monoisotopic (exact) mass is 296 g/mol. The molecule has 1 aliphatic rings. The molecule has 1 saturated heterocycles. The lowest BCUT2D eigenvalue weighted by molar-refractivity contribution is -0.112. The molecule has 1 fully saturated rings. The third kappa shape index (κ3) is 3.00. The number of hydrogen-bond donors (Lipinski definition) is 3. The minimum Gasteiger partial charge on any atom is -0.506 e. The van der Waals surface area contributed by atoms with Gasteiger partial charge < -0.3 is 15.7 Å². The van der Waals surface area contributed by atoms with E-state index < -0.39 is 9.84 Å². The molecule has 0 atom stereocenters. The number of rotatable bonds is 3. The normalized spacial score (nSPS) is 14.6. The van der Waals surface area contributed by atoms with Crippen LogP contribution in [0.25, 0.3) is 0 Å². The molecule has 0 bridgehead atoms. The lowest BCUT2D eigenvalue weighted by Gasteiger charge is -2.21. The van der Waals surface area contributed by atoms with E-state index in [4.69, 9.17) is 0 Å². The fourth-order valence-corrected chi connectivity index (χ4v) is 2.38. The molecule has 1 amide bonds. The molecule has 0 aliphatic carbocycles. The molecule has 2 rings (SSSR count). The van der Waals surface area contributed by atoms with Gasteiger partial charge in [-0.25, -0.2) is 8.42 Å². The Labute approximate surface area is 117 Å². The minimum atomic E-state index is -3.39. The number of benzene rings is 1. The Balaban J connectivity index is 2.27. The Kier molecular flexibility index (Phi) is 3.82. The van der Waals surface area contributed by atoms with E-state index in [1.807, 2.05) is 0 Å². The van der Waals surface area contributed by atoms with Gasteiger partial charge in [0, 0.05) is 24.9 Å². The molecule has 3 N–H and O–H groups in total. The van der Waals surface area contributed by atoms with Gasteiger partial charge in [-0.05, 0) is 30.7 Å². The van der Waals surface area contributed by atoms with Crippen molar-refractivity contribution in [2.75, 3.05) is 24.7 Å². The summed E-state index contributed by atoms with van der Waals surface area (Å²) >= 11 is 0. The number of anilines is 1. The minimum absolute atomic E-state index is 0.0428. The van der Waals surface area contributed by atoms with Crippen LogP contribution in [-0.4, -0.2) is 38.8 Å². The van der Waals surface area contributed by atoms with Crippen LogP contribution in [0, 0.1) is 0 Å². The fourth-order valence-electron chi connectivity index (χ4n) is 1.74. The molecule has 7 heteroatoms. The van der Waals surface area contributed by atoms with E-state index in [2.05, 4.69) is 10.6 Å². The van der Waals surface area contributed by atoms with Crippen molar-refractivity contribution in [3.63, 3.8) is 0 Å². The molecule has 0 saturated carbocycles. The average molecular weight is 296 g/mol. The van der Waals surface area contributed by atoms with Gasteiger partial charge >= 0.3 is 0 Å². The number of sulfone groups is 1. The van der Waals surface area contributed by atoms with Crippen LogP contribution in [0.1, 0.15) is 6.92 Å². The lowest BCUT2D eigenvalue weighted by atomic mass is 10.0. The maximum Gasteiger partial charge on any atom is 0.251 e. The molecule has 0 unspecified atom stereocenters. The Morgan fingerprint density at radius 1 is 1.35 bits per heavy atom. The topological polar surface area (TPSA) is 95.5 Å². The molecule has 1 aromatic rings. The predicted octanol–water partition coefficient (Wildman–Crippen LogP) is 0.654. The third-order valence-corrected chi connectivity index (χ3v) is 4.30. The first-order chi connectivity index (χ1) is 9.29. The highest BCUT2D eigenvalue weighted by Gasteiger charge is 2.18. The number of phenols is 1. The quantitative estimate of drug-likeness (QED) is 0.562. The van der Waals surface area contributed by atoms with E-state index in [0.717, 1.165) is 11.8 Å². The highest BCUT2D eigenvalue weighted by Crippen LogP contribution is 2.27. The van der Waals surface area contributed by atoms with Crippen molar-refractivity contribution in [2.45, 2.75) is 11.8 Å². The number of carbonyl (C=O) groups excluding carboxylic acids is 1. The third-order valence-electron chi connectivity index (χ3n) is 3.19. The van der Waals surface area contributed by atoms with Crippen molar-refractivity contribution in [3.8, 4) is 5.75 Å². The molecule has 108 valence electrons. The van der Waals surface area contributed by atoms with Crippen molar-refractivity contribution < 1.29 is 18.3 Å². The van der Waals surface area contributed by atoms with Crippen LogP contribution in [0.2, 0.25) is 0 Å². The van der Waals surface area contributed by atoms with Gasteiger partial charge in [0.1, 0.15) is 5.75 Å². The molecule has 0 spiro atoms. The number of aromatic hydroxyl groups is 1. The van der Waals surface area contributed by atoms with Crippen LogP contribution in [-0.2, 0) is 14.6 Å². The maximum atomic E-state index is 12.0. The fraction of sp³-hybridized carbons (Fsp3) is 0.308. The van der Waals surface area contributed by atoms with Crippen LogP contribution in [0.15, 0.2) is 34.2 Å². The zero-order valence-corrected chi connectivity index (χ0v) is 12.0. The van der Waals surface area contributed by atoms with Crippen LogP contribution in [0.4, 0.5) is 5.69 Å². The summed E-state index contributed by atoms with van der Waals surface area (Å²) in [7, 11) is -3.39. The number of phenolic OH excluding ortho intramolecular Hbond substituents is 1. The molecule has 20 heavy (non-hydrogen) atoms. The van der Waals surface area contributed by atoms with E-state index in [-0.39, 0.29) is 22.2 Å². The predicted molar refractivity (Wildman–Crippen MR) is 75.4 cm³/mol. The summed E-state index contributed by atoms with van der Waals surface area (Å²) in [5, 5.41) is 15.3. The zero-order chi connectivity index (χ0) is 14.9. The van der Waals surface area contributed by atoms with Crippen molar-refractivity contribution >= 4 is 21.4 Å². The van der Waals surface area contributed by atoms with Gasteiger partial charge in [-0.3, -0.25) is 4.79 Å². The van der Waals surface area contributed by atoms with Crippen molar-refractivity contribution in [2.24, 2.45) is 0 Å². The summed E-state index contributed by atoms with van der Waals surface area (Å²) in [5.41, 5.74) is 1.67. The first kappa shape index (κ1) is 14.5. The molecule has 0 radical (unpaired) electrons. The standard InChI is InChI=1S/C13H16N2O4S/c1-8(9-6-14-7-9)13(17)15-11-5-10(20(2,18)19)3-4-12(11)16/h3-5,14,16H,6-7H2,1-2H3,(H,15,17). The first-order valence-corrected chi connectivity index (χ1v) is 7.92. The van der Waals surface area contributed by atoms with Gasteiger partial charge in [-0.1, -0.05) is 0 Å². The van der Waals surface area contributed by atoms with Crippen molar-refractivity contribution in [3.05, 3.63) is 29.3 Å². The van der Waals surface area contributed by atoms with E-state index >= 15 is 0 Å². The highest BCUT2D eigenvalue weighted by atomic mass is 32.2. The number of hydrogen-bond acceptors (Lipinski definition) is 5. The van der Waals surface area contributed by atoms with E-state index in [1.54, 1.807) is 6.92 Å². The van der Waals surface area contributed by atoms with Crippen LogP contribution < -0.4 is 10.6 Å². The Morgan fingerprint density at radius 3 is 2.50 bits per heavy atom. The summed E-state index contributed by atoms with van der Waals surface area (Å²) < 4.78 is 22.9. The second-order valence-corrected chi connectivity index (χ2v) is 6.75. The Bertz CT molecular complexity index is 686. The zero-order valence-electron chi connectivity index (χ0n) is 11.2. The van der Waals surface area contributed by atoms with Crippen LogP contribution >= 0.6 is 0 Å². The van der Waals surface area contributed by atoms with Gasteiger partial charge in [0.05, 0.1) is 10.6 Å². The smallest absolute Gasteiger partial charge is 0.251 e. The van der Waals surface area contributed by atoms with Gasteiger partial charge in [0.25, 0.3) is 5.91 Å². The first-order valence-electron chi connectivity index (χ1n) is 6.03. The number of carbonyl (C=O) groups is 1. The average Bonchev–Trinajstić information content (AvgIpc) is 2.28. The molecule has 6 nitrogen and oxygen atoms in total. The van der Waals surface area contributed by atoms with Gasteiger partial charge in [-0.15, -0.1) is 0 Å². The Hall–Kier alpha value is -1.86. The molecule has 1 aliphatic heterocycles. The molecule has 1 heterocycles. The molecular weight excluding hydrogens is 280 g/mol. The van der Waals surface area contributed by atoms with Gasteiger partial charge in [0.15, 0.2) is 9.84 Å². The van der Waals surface area contributed by atoms with E-state index in [1.165, 1.54) is 18.2 Å². The summed E-state index contributed by atoms with van der Waals surface area (Å²) in [6.45, 7) is 3.05. The van der Waals surface area contributed by atoms with Gasteiger partial charge in [0.2, 0.25) is 0 Å². The summed E-state index contributed by atoms with van der Waals surface area (Å²) in [4.78, 5) is 12.0. The van der Waals surface area contributed by atoms with E-state index in [9.17, 15) is 18.3 Å². The molecular formula is C13H16N2O4S. The second kappa shape index (κ2) is 5.26. The Morgan fingerprint density at radius 2 is 2.00 bits per heavy atom. The summed E-state index contributed by atoms with van der Waals surface area (Å²) in [5.74, 6) is -0.516. The van der Waals surface area contributed by atoms with Crippen molar-refractivity contribution in [1.82, 2.24) is 5.32 Å². The molecule has 0 aromatic heterocycles. The molecule has 1 aromatic carbocycles.